The van der Waals surface area contributed by atoms with Gasteiger partial charge < -0.3 is 4.74 Å². The third kappa shape index (κ3) is 2.86. The molecule has 1 unspecified atom stereocenters. The van der Waals surface area contributed by atoms with E-state index in [0.29, 0.717) is 18.1 Å². The summed E-state index contributed by atoms with van der Waals surface area (Å²) in [7, 11) is -3.42. The Morgan fingerprint density at radius 1 is 1.35 bits per heavy atom. The summed E-state index contributed by atoms with van der Waals surface area (Å²) >= 11 is 0. The van der Waals surface area contributed by atoms with E-state index in [9.17, 15) is 8.42 Å². The van der Waals surface area contributed by atoms with Crippen LogP contribution in [0.1, 0.15) is 17.5 Å². The molecule has 1 aliphatic heterocycles. The maximum atomic E-state index is 12.2. The zero-order chi connectivity index (χ0) is 12.5. The van der Waals surface area contributed by atoms with Crippen LogP contribution in [0.25, 0.3) is 0 Å². The summed E-state index contributed by atoms with van der Waals surface area (Å²) in [5.74, 6) is 0. The number of aryl methyl sites for hydroxylation is 2. The SMILES string of the molecule is Cc1ccc(S(=O)(=O)NC2CCOC2)c(C)c1. The van der Waals surface area contributed by atoms with Crippen LogP contribution in [-0.4, -0.2) is 27.7 Å². The Labute approximate surface area is 102 Å². The van der Waals surface area contributed by atoms with Crippen molar-refractivity contribution in [3.05, 3.63) is 29.3 Å². The molecule has 0 aliphatic carbocycles. The zero-order valence-electron chi connectivity index (χ0n) is 10.1. The molecule has 0 amide bonds. The van der Waals surface area contributed by atoms with Crippen molar-refractivity contribution >= 4 is 10.0 Å². The van der Waals surface area contributed by atoms with Gasteiger partial charge >= 0.3 is 0 Å². The summed E-state index contributed by atoms with van der Waals surface area (Å²) < 4.78 is 32.1. The highest BCUT2D eigenvalue weighted by atomic mass is 32.2. The topological polar surface area (TPSA) is 55.4 Å². The van der Waals surface area contributed by atoms with Crippen molar-refractivity contribution in [3.8, 4) is 0 Å². The molecule has 1 aliphatic rings. The van der Waals surface area contributed by atoms with Crippen LogP contribution >= 0.6 is 0 Å². The number of rotatable bonds is 3. The molecule has 94 valence electrons. The minimum Gasteiger partial charge on any atom is -0.380 e. The van der Waals surface area contributed by atoms with E-state index in [0.717, 1.165) is 17.5 Å². The number of sulfonamides is 1. The van der Waals surface area contributed by atoms with Crippen LogP contribution in [0.4, 0.5) is 0 Å². The van der Waals surface area contributed by atoms with Crippen molar-refractivity contribution in [2.24, 2.45) is 0 Å². The first-order valence-corrected chi connectivity index (χ1v) is 7.15. The zero-order valence-corrected chi connectivity index (χ0v) is 10.9. The number of hydrogen-bond donors (Lipinski definition) is 1. The number of ether oxygens (including phenoxy) is 1. The Kier molecular flexibility index (Phi) is 3.51. The lowest BCUT2D eigenvalue weighted by molar-refractivity contribution is 0.192. The highest BCUT2D eigenvalue weighted by Crippen LogP contribution is 2.17. The fourth-order valence-corrected chi connectivity index (χ4v) is 3.49. The Balaban J connectivity index is 2.24. The number of nitrogens with one attached hydrogen (secondary N) is 1. The highest BCUT2D eigenvalue weighted by Gasteiger charge is 2.24. The van der Waals surface area contributed by atoms with Crippen LogP contribution in [0.15, 0.2) is 23.1 Å². The standard InChI is InChI=1S/C12H17NO3S/c1-9-3-4-12(10(2)7-9)17(14,15)13-11-5-6-16-8-11/h3-4,7,11,13H,5-6,8H2,1-2H3. The van der Waals surface area contributed by atoms with Crippen molar-refractivity contribution in [1.82, 2.24) is 4.72 Å². The molecule has 4 nitrogen and oxygen atoms in total. The summed E-state index contributed by atoms with van der Waals surface area (Å²) in [6.45, 7) is 4.85. The molecule has 0 aromatic heterocycles. The summed E-state index contributed by atoms with van der Waals surface area (Å²) in [5.41, 5.74) is 1.84. The molecule has 1 N–H and O–H groups in total. The van der Waals surface area contributed by atoms with Gasteiger partial charge in [-0.3, -0.25) is 0 Å². The molecule has 1 heterocycles. The van der Waals surface area contributed by atoms with Gasteiger partial charge in [-0.25, -0.2) is 13.1 Å². The molecular weight excluding hydrogens is 238 g/mol. The second-order valence-electron chi connectivity index (χ2n) is 4.45. The molecule has 0 bridgehead atoms. The van der Waals surface area contributed by atoms with Crippen molar-refractivity contribution in [2.75, 3.05) is 13.2 Å². The first-order chi connectivity index (χ1) is 7.99. The van der Waals surface area contributed by atoms with Gasteiger partial charge in [-0.2, -0.15) is 0 Å². The Morgan fingerprint density at radius 3 is 2.71 bits per heavy atom. The lowest BCUT2D eigenvalue weighted by Crippen LogP contribution is -2.35. The van der Waals surface area contributed by atoms with E-state index in [-0.39, 0.29) is 6.04 Å². The monoisotopic (exact) mass is 255 g/mol. The van der Waals surface area contributed by atoms with Crippen molar-refractivity contribution in [1.29, 1.82) is 0 Å². The van der Waals surface area contributed by atoms with E-state index in [1.165, 1.54) is 0 Å². The largest absolute Gasteiger partial charge is 0.380 e. The van der Waals surface area contributed by atoms with E-state index in [1.807, 2.05) is 26.0 Å². The van der Waals surface area contributed by atoms with Gasteiger partial charge in [0.2, 0.25) is 10.0 Å². The molecule has 1 aromatic rings. The normalized spacial score (nSPS) is 20.7. The smallest absolute Gasteiger partial charge is 0.241 e. The first kappa shape index (κ1) is 12.5. The van der Waals surface area contributed by atoms with Crippen molar-refractivity contribution in [3.63, 3.8) is 0 Å². The summed E-state index contributed by atoms with van der Waals surface area (Å²) in [6, 6.07) is 5.25. The maximum Gasteiger partial charge on any atom is 0.241 e. The molecule has 2 rings (SSSR count). The van der Waals surface area contributed by atoms with Gasteiger partial charge in [-0.15, -0.1) is 0 Å². The van der Waals surface area contributed by atoms with Crippen LogP contribution in [-0.2, 0) is 14.8 Å². The third-order valence-corrected chi connectivity index (χ3v) is 4.55. The molecule has 0 spiro atoms. The first-order valence-electron chi connectivity index (χ1n) is 5.66. The molecule has 0 radical (unpaired) electrons. The van der Waals surface area contributed by atoms with Crippen molar-refractivity contribution in [2.45, 2.75) is 31.2 Å². The molecular formula is C12H17NO3S. The van der Waals surface area contributed by atoms with Gasteiger partial charge in [0, 0.05) is 12.6 Å². The van der Waals surface area contributed by atoms with Crippen LogP contribution in [0.3, 0.4) is 0 Å². The summed E-state index contributed by atoms with van der Waals surface area (Å²) in [4.78, 5) is 0.356. The Bertz CT molecular complexity index is 504. The van der Waals surface area contributed by atoms with Crippen LogP contribution in [0, 0.1) is 13.8 Å². The minimum atomic E-state index is -3.42. The van der Waals surface area contributed by atoms with Gasteiger partial charge in [-0.1, -0.05) is 17.7 Å². The molecule has 1 atom stereocenters. The maximum absolute atomic E-state index is 12.2. The Hall–Kier alpha value is -0.910. The average Bonchev–Trinajstić information content (AvgIpc) is 2.68. The number of benzene rings is 1. The van der Waals surface area contributed by atoms with E-state index in [2.05, 4.69) is 4.72 Å². The molecule has 17 heavy (non-hydrogen) atoms. The second-order valence-corrected chi connectivity index (χ2v) is 6.13. The van der Waals surface area contributed by atoms with Gasteiger partial charge in [0.1, 0.15) is 0 Å². The molecule has 1 fully saturated rings. The lowest BCUT2D eigenvalue weighted by Gasteiger charge is -2.13. The molecule has 0 saturated carbocycles. The average molecular weight is 255 g/mol. The van der Waals surface area contributed by atoms with E-state index in [1.54, 1.807) is 6.07 Å². The van der Waals surface area contributed by atoms with Crippen LogP contribution < -0.4 is 4.72 Å². The second kappa shape index (κ2) is 4.76. The minimum absolute atomic E-state index is 0.0966. The van der Waals surface area contributed by atoms with E-state index in [4.69, 9.17) is 4.74 Å². The van der Waals surface area contributed by atoms with E-state index >= 15 is 0 Å². The fraction of sp³-hybridized carbons (Fsp3) is 0.500. The van der Waals surface area contributed by atoms with E-state index < -0.39 is 10.0 Å². The molecule has 1 aromatic carbocycles. The third-order valence-electron chi connectivity index (χ3n) is 2.87. The molecule has 5 heteroatoms. The molecule has 1 saturated heterocycles. The van der Waals surface area contributed by atoms with Crippen LogP contribution in [0.2, 0.25) is 0 Å². The van der Waals surface area contributed by atoms with Crippen LogP contribution in [0.5, 0.6) is 0 Å². The van der Waals surface area contributed by atoms with Gasteiger partial charge in [0.05, 0.1) is 11.5 Å². The van der Waals surface area contributed by atoms with Gasteiger partial charge in [0.15, 0.2) is 0 Å². The highest BCUT2D eigenvalue weighted by molar-refractivity contribution is 7.89. The lowest BCUT2D eigenvalue weighted by atomic mass is 10.2. The predicted octanol–water partition coefficient (Wildman–Crippen LogP) is 1.37. The summed E-state index contributed by atoms with van der Waals surface area (Å²) in [6.07, 6.45) is 0.740. The Morgan fingerprint density at radius 2 is 2.12 bits per heavy atom. The predicted molar refractivity (Wildman–Crippen MR) is 65.5 cm³/mol. The van der Waals surface area contributed by atoms with Gasteiger partial charge in [0.25, 0.3) is 0 Å². The quantitative estimate of drug-likeness (QED) is 0.887. The fourth-order valence-electron chi connectivity index (χ4n) is 2.01. The summed E-state index contributed by atoms with van der Waals surface area (Å²) in [5, 5.41) is 0. The van der Waals surface area contributed by atoms with Gasteiger partial charge in [-0.05, 0) is 31.9 Å². The van der Waals surface area contributed by atoms with Crippen molar-refractivity contribution < 1.29 is 13.2 Å². The number of hydrogen-bond acceptors (Lipinski definition) is 3.